The van der Waals surface area contributed by atoms with E-state index in [4.69, 9.17) is 4.74 Å². The van der Waals surface area contributed by atoms with E-state index in [1.54, 1.807) is 32.4 Å². The molecule has 16 heavy (non-hydrogen) atoms. The summed E-state index contributed by atoms with van der Waals surface area (Å²) in [7, 11) is 3.29. The van der Waals surface area contributed by atoms with Crippen molar-refractivity contribution in [1.82, 2.24) is 9.88 Å². The number of hydrogen-bond acceptors (Lipinski definition) is 3. The van der Waals surface area contributed by atoms with Crippen LogP contribution in [0.1, 0.15) is 0 Å². The van der Waals surface area contributed by atoms with Gasteiger partial charge in [-0.15, -0.1) is 0 Å². The molecule has 0 N–H and O–H groups in total. The third kappa shape index (κ3) is 2.11. The van der Waals surface area contributed by atoms with Crippen LogP contribution < -0.4 is 4.74 Å². The number of carbonyl (C=O) groups is 1. The van der Waals surface area contributed by atoms with E-state index in [9.17, 15) is 4.79 Å². The van der Waals surface area contributed by atoms with Crippen molar-refractivity contribution >= 4 is 17.0 Å². The molecule has 0 bridgehead atoms. The van der Waals surface area contributed by atoms with Crippen molar-refractivity contribution in [2.75, 3.05) is 14.1 Å². The van der Waals surface area contributed by atoms with Gasteiger partial charge in [-0.2, -0.15) is 0 Å². The second kappa shape index (κ2) is 4.18. The lowest BCUT2D eigenvalue weighted by atomic mass is 10.2. The quantitative estimate of drug-likeness (QED) is 0.734. The van der Waals surface area contributed by atoms with Crippen LogP contribution >= 0.6 is 0 Å². The van der Waals surface area contributed by atoms with E-state index in [1.807, 2.05) is 18.2 Å². The number of carbonyl (C=O) groups excluding carboxylic acids is 1. The second-order valence-corrected chi connectivity index (χ2v) is 3.62. The zero-order valence-electron chi connectivity index (χ0n) is 9.18. The van der Waals surface area contributed by atoms with Crippen molar-refractivity contribution in [2.45, 2.75) is 0 Å². The first-order valence-corrected chi connectivity index (χ1v) is 4.91. The van der Waals surface area contributed by atoms with Crippen LogP contribution in [0.5, 0.6) is 5.75 Å². The van der Waals surface area contributed by atoms with Gasteiger partial charge in [0.05, 0.1) is 5.52 Å². The van der Waals surface area contributed by atoms with Crippen molar-refractivity contribution in [3.8, 4) is 5.75 Å². The monoisotopic (exact) mass is 216 g/mol. The molecule has 0 spiro atoms. The lowest BCUT2D eigenvalue weighted by molar-refractivity contribution is 0.172. The molecule has 0 atom stereocenters. The van der Waals surface area contributed by atoms with Gasteiger partial charge in [0.25, 0.3) is 0 Å². The Balaban J connectivity index is 2.29. The van der Waals surface area contributed by atoms with E-state index in [2.05, 4.69) is 4.98 Å². The summed E-state index contributed by atoms with van der Waals surface area (Å²) < 4.78 is 5.14. The van der Waals surface area contributed by atoms with Crippen molar-refractivity contribution in [3.63, 3.8) is 0 Å². The predicted molar refractivity (Wildman–Crippen MR) is 61.5 cm³/mol. The van der Waals surface area contributed by atoms with E-state index >= 15 is 0 Å². The van der Waals surface area contributed by atoms with Crippen molar-refractivity contribution in [1.29, 1.82) is 0 Å². The number of aromatic nitrogens is 1. The maximum atomic E-state index is 11.3. The minimum absolute atomic E-state index is 0.386. The second-order valence-electron chi connectivity index (χ2n) is 3.62. The largest absolute Gasteiger partial charge is 0.414 e. The average Bonchev–Trinajstić information content (AvgIpc) is 2.28. The number of benzene rings is 1. The number of nitrogens with zero attached hydrogens (tertiary/aromatic N) is 2. The zero-order chi connectivity index (χ0) is 11.5. The van der Waals surface area contributed by atoms with Gasteiger partial charge >= 0.3 is 6.09 Å². The van der Waals surface area contributed by atoms with Gasteiger partial charge in [-0.25, -0.2) is 4.79 Å². The fraction of sp³-hybridized carbons (Fsp3) is 0.167. The molecule has 0 unspecified atom stereocenters. The predicted octanol–water partition coefficient (Wildman–Crippen LogP) is 2.30. The smallest absolute Gasteiger partial charge is 0.410 e. The molecule has 0 saturated carbocycles. The Kier molecular flexibility index (Phi) is 2.72. The number of fused-ring (bicyclic) bond motifs is 1. The van der Waals surface area contributed by atoms with E-state index in [0.717, 1.165) is 10.9 Å². The Hall–Kier alpha value is -2.10. The summed E-state index contributed by atoms with van der Waals surface area (Å²) in [6.45, 7) is 0. The number of hydrogen-bond donors (Lipinski definition) is 0. The molecule has 0 aliphatic carbocycles. The number of ether oxygens (including phenoxy) is 1. The van der Waals surface area contributed by atoms with Crippen molar-refractivity contribution in [2.24, 2.45) is 0 Å². The third-order valence-corrected chi connectivity index (χ3v) is 2.14. The lowest BCUT2D eigenvalue weighted by Gasteiger charge is -2.10. The van der Waals surface area contributed by atoms with Crippen LogP contribution in [0.25, 0.3) is 10.9 Å². The maximum absolute atomic E-state index is 11.3. The van der Waals surface area contributed by atoms with Crippen molar-refractivity contribution in [3.05, 3.63) is 36.5 Å². The molecule has 0 fully saturated rings. The van der Waals surface area contributed by atoms with Gasteiger partial charge < -0.3 is 9.64 Å². The molecule has 4 heteroatoms. The van der Waals surface area contributed by atoms with Gasteiger partial charge in [-0.1, -0.05) is 6.07 Å². The molecule has 2 rings (SSSR count). The van der Waals surface area contributed by atoms with Crippen LogP contribution in [0.2, 0.25) is 0 Å². The molecule has 82 valence electrons. The minimum Gasteiger partial charge on any atom is -0.410 e. The molecule has 0 radical (unpaired) electrons. The minimum atomic E-state index is -0.386. The molecule has 1 heterocycles. The number of rotatable bonds is 1. The van der Waals surface area contributed by atoms with Gasteiger partial charge in [-0.3, -0.25) is 4.98 Å². The molecule has 2 aromatic rings. The van der Waals surface area contributed by atoms with Gasteiger partial charge in [0.15, 0.2) is 0 Å². The highest BCUT2D eigenvalue weighted by atomic mass is 16.6. The van der Waals surface area contributed by atoms with E-state index in [1.165, 1.54) is 4.90 Å². The van der Waals surface area contributed by atoms with Crippen LogP contribution in [0.15, 0.2) is 36.5 Å². The fourth-order valence-corrected chi connectivity index (χ4v) is 1.31. The first-order valence-electron chi connectivity index (χ1n) is 4.91. The highest BCUT2D eigenvalue weighted by Gasteiger charge is 2.06. The molecule has 0 aliphatic heterocycles. The van der Waals surface area contributed by atoms with Crippen LogP contribution in [-0.4, -0.2) is 30.1 Å². The molecular formula is C12H12N2O2. The van der Waals surface area contributed by atoms with Crippen LogP contribution in [0.3, 0.4) is 0 Å². The first kappa shape index (κ1) is 10.4. The highest BCUT2D eigenvalue weighted by Crippen LogP contribution is 2.19. The topological polar surface area (TPSA) is 42.4 Å². The van der Waals surface area contributed by atoms with Crippen LogP contribution in [0.4, 0.5) is 4.79 Å². The Bertz CT molecular complexity index is 523. The normalized spacial score (nSPS) is 10.1. The summed E-state index contributed by atoms with van der Waals surface area (Å²) in [5, 5.41) is 0.951. The Labute approximate surface area is 93.5 Å². The molecular weight excluding hydrogens is 204 g/mol. The summed E-state index contributed by atoms with van der Waals surface area (Å²) in [5.41, 5.74) is 0.882. The number of amides is 1. The molecule has 1 aromatic carbocycles. The summed E-state index contributed by atoms with van der Waals surface area (Å²) in [6.07, 6.45) is 1.34. The van der Waals surface area contributed by atoms with Crippen LogP contribution in [-0.2, 0) is 0 Å². The van der Waals surface area contributed by atoms with Gasteiger partial charge in [0, 0.05) is 25.7 Å². The third-order valence-electron chi connectivity index (χ3n) is 2.14. The molecule has 0 aliphatic rings. The lowest BCUT2D eigenvalue weighted by Crippen LogP contribution is -2.25. The van der Waals surface area contributed by atoms with E-state index in [-0.39, 0.29) is 6.09 Å². The Morgan fingerprint density at radius 1 is 1.31 bits per heavy atom. The Morgan fingerprint density at radius 3 is 2.88 bits per heavy atom. The summed E-state index contributed by atoms with van der Waals surface area (Å²) in [6, 6.07) is 9.13. The van der Waals surface area contributed by atoms with Gasteiger partial charge in [0.2, 0.25) is 0 Å². The Morgan fingerprint density at radius 2 is 2.12 bits per heavy atom. The summed E-state index contributed by atoms with van der Waals surface area (Å²) in [5.74, 6) is 0.527. The number of pyridine rings is 1. The molecule has 0 saturated heterocycles. The SMILES string of the molecule is CN(C)C(=O)Oc1ccc2ncccc2c1. The summed E-state index contributed by atoms with van der Waals surface area (Å²) in [4.78, 5) is 16.9. The zero-order valence-corrected chi connectivity index (χ0v) is 9.18. The molecule has 1 amide bonds. The average molecular weight is 216 g/mol. The van der Waals surface area contributed by atoms with E-state index in [0.29, 0.717) is 5.75 Å². The standard InChI is InChI=1S/C12H12N2O2/c1-14(2)12(15)16-10-5-6-11-9(8-10)4-3-7-13-11/h3-8H,1-2H3. The van der Waals surface area contributed by atoms with Crippen molar-refractivity contribution < 1.29 is 9.53 Å². The summed E-state index contributed by atoms with van der Waals surface area (Å²) >= 11 is 0. The van der Waals surface area contributed by atoms with Gasteiger partial charge in [0.1, 0.15) is 5.75 Å². The molecule has 1 aromatic heterocycles. The fourth-order valence-electron chi connectivity index (χ4n) is 1.31. The van der Waals surface area contributed by atoms with Gasteiger partial charge in [-0.05, 0) is 24.3 Å². The first-order chi connectivity index (χ1) is 7.66. The highest BCUT2D eigenvalue weighted by molar-refractivity contribution is 5.81. The molecule has 4 nitrogen and oxygen atoms in total. The van der Waals surface area contributed by atoms with E-state index < -0.39 is 0 Å². The maximum Gasteiger partial charge on any atom is 0.414 e. The van der Waals surface area contributed by atoms with Crippen LogP contribution in [0, 0.1) is 0 Å².